The van der Waals surface area contributed by atoms with E-state index in [1.807, 2.05) is 6.07 Å². The van der Waals surface area contributed by atoms with Gasteiger partial charge in [-0.25, -0.2) is 4.39 Å². The molecule has 3 aliphatic heterocycles. The summed E-state index contributed by atoms with van der Waals surface area (Å²) in [5.41, 5.74) is 0.368. The van der Waals surface area contributed by atoms with Crippen LogP contribution >= 0.6 is 0 Å². The molecule has 6 atom stereocenters. The molecule has 3 saturated heterocycles. The third-order valence-corrected chi connectivity index (χ3v) is 5.57. The Morgan fingerprint density at radius 2 is 1.83 bits per heavy atom. The van der Waals surface area contributed by atoms with Gasteiger partial charge < -0.3 is 24.1 Å². The summed E-state index contributed by atoms with van der Waals surface area (Å²) in [6.07, 6.45) is -4.23. The number of rotatable bonds is 4. The highest BCUT2D eigenvalue weighted by Crippen LogP contribution is 2.43. The Labute approximate surface area is 172 Å². The quantitative estimate of drug-likeness (QED) is 0.772. The van der Waals surface area contributed by atoms with Crippen molar-refractivity contribution >= 4 is 11.6 Å². The van der Waals surface area contributed by atoms with E-state index in [0.717, 1.165) is 0 Å². The molecule has 158 valence electrons. The standard InChI is InChI=1S/C22H22FNO6/c1-22(2)29-19-16(25)17(28-21(19)30-22)15-18(27-14-9-4-3-5-10-14)20(26)24(15)13-8-6-7-12(23)11-13/h3-11,15-19,21,25H,1-2H3/t15-,16+,17-,18+,19-,21-/m1/s1. The lowest BCUT2D eigenvalue weighted by Crippen LogP contribution is -2.73. The number of benzene rings is 2. The fourth-order valence-electron chi connectivity index (χ4n) is 4.29. The summed E-state index contributed by atoms with van der Waals surface area (Å²) in [7, 11) is 0. The van der Waals surface area contributed by atoms with Crippen LogP contribution in [0.2, 0.25) is 0 Å². The van der Waals surface area contributed by atoms with Crippen LogP contribution in [0.5, 0.6) is 5.75 Å². The minimum Gasteiger partial charge on any atom is -0.478 e. The van der Waals surface area contributed by atoms with Crippen LogP contribution < -0.4 is 9.64 Å². The van der Waals surface area contributed by atoms with Gasteiger partial charge in [0.1, 0.15) is 35.9 Å². The highest BCUT2D eigenvalue weighted by atomic mass is 19.1. The number of hydrogen-bond donors (Lipinski definition) is 1. The van der Waals surface area contributed by atoms with Crippen LogP contribution in [0.3, 0.4) is 0 Å². The lowest BCUT2D eigenvalue weighted by molar-refractivity contribution is -0.221. The summed E-state index contributed by atoms with van der Waals surface area (Å²) in [4.78, 5) is 14.4. The SMILES string of the molecule is CC1(C)O[C@H]2O[C@H]([C@@H]3[C@H](Oc4ccccc4)C(=O)N3c3cccc(F)c3)[C@H](O)[C@H]2O1. The third kappa shape index (κ3) is 3.16. The number of ether oxygens (including phenoxy) is 4. The normalized spacial score (nSPS) is 34.5. The molecule has 3 aliphatic rings. The number of hydrogen-bond acceptors (Lipinski definition) is 6. The molecule has 0 spiro atoms. The summed E-state index contributed by atoms with van der Waals surface area (Å²) in [6.45, 7) is 3.48. The first-order chi connectivity index (χ1) is 14.3. The number of aliphatic hydroxyl groups excluding tert-OH is 1. The molecule has 30 heavy (non-hydrogen) atoms. The van der Waals surface area contributed by atoms with Crippen LogP contribution in [0.25, 0.3) is 0 Å². The van der Waals surface area contributed by atoms with Gasteiger partial charge in [-0.1, -0.05) is 24.3 Å². The van der Waals surface area contributed by atoms with Gasteiger partial charge in [0.15, 0.2) is 12.1 Å². The summed E-state index contributed by atoms with van der Waals surface area (Å²) in [5, 5.41) is 10.9. The number of anilines is 1. The molecule has 1 N–H and O–H groups in total. The van der Waals surface area contributed by atoms with E-state index in [-0.39, 0.29) is 5.91 Å². The van der Waals surface area contributed by atoms with Gasteiger partial charge in [-0.3, -0.25) is 9.69 Å². The monoisotopic (exact) mass is 415 g/mol. The second kappa shape index (κ2) is 7.02. The lowest BCUT2D eigenvalue weighted by Gasteiger charge is -2.49. The Morgan fingerprint density at radius 1 is 1.07 bits per heavy atom. The van der Waals surface area contributed by atoms with Gasteiger partial charge in [0.2, 0.25) is 6.10 Å². The second-order valence-corrected chi connectivity index (χ2v) is 8.09. The van der Waals surface area contributed by atoms with Gasteiger partial charge in [0, 0.05) is 5.69 Å². The Hall–Kier alpha value is -2.52. The van der Waals surface area contributed by atoms with Gasteiger partial charge in [-0.15, -0.1) is 0 Å². The molecular weight excluding hydrogens is 393 g/mol. The molecule has 3 fully saturated rings. The summed E-state index contributed by atoms with van der Waals surface area (Å²) in [5.74, 6) is -1.17. The number of halogens is 1. The number of nitrogens with zero attached hydrogens (tertiary/aromatic N) is 1. The maximum absolute atomic E-state index is 13.8. The summed E-state index contributed by atoms with van der Waals surface area (Å²) < 4.78 is 37.2. The summed E-state index contributed by atoms with van der Waals surface area (Å²) >= 11 is 0. The number of carbonyl (C=O) groups is 1. The van der Waals surface area contributed by atoms with E-state index in [0.29, 0.717) is 11.4 Å². The minimum absolute atomic E-state index is 0.343. The molecular formula is C22H22FNO6. The number of carbonyl (C=O) groups excluding carboxylic acids is 1. The third-order valence-electron chi connectivity index (χ3n) is 5.57. The van der Waals surface area contributed by atoms with E-state index in [1.165, 1.54) is 23.1 Å². The molecule has 0 radical (unpaired) electrons. The van der Waals surface area contributed by atoms with Crippen LogP contribution in [0.15, 0.2) is 54.6 Å². The molecule has 0 saturated carbocycles. The molecule has 2 aromatic rings. The topological polar surface area (TPSA) is 77.5 Å². The molecule has 5 rings (SSSR count). The van der Waals surface area contributed by atoms with Crippen molar-refractivity contribution in [1.29, 1.82) is 0 Å². The van der Waals surface area contributed by atoms with Crippen molar-refractivity contribution in [3.05, 3.63) is 60.4 Å². The molecule has 0 aliphatic carbocycles. The Kier molecular flexibility index (Phi) is 4.55. The first kappa shape index (κ1) is 19.4. The van der Waals surface area contributed by atoms with Gasteiger partial charge >= 0.3 is 0 Å². The average Bonchev–Trinajstić information content (AvgIpc) is 3.17. The van der Waals surface area contributed by atoms with E-state index in [9.17, 15) is 14.3 Å². The van der Waals surface area contributed by atoms with E-state index < -0.39 is 48.4 Å². The number of amides is 1. The van der Waals surface area contributed by atoms with Crippen molar-refractivity contribution < 1.29 is 33.2 Å². The van der Waals surface area contributed by atoms with Crippen LogP contribution in [-0.4, -0.2) is 53.5 Å². The van der Waals surface area contributed by atoms with E-state index >= 15 is 0 Å². The van der Waals surface area contributed by atoms with Gasteiger partial charge in [0.25, 0.3) is 5.91 Å². The van der Waals surface area contributed by atoms with Crippen LogP contribution in [-0.2, 0) is 19.0 Å². The zero-order valence-electron chi connectivity index (χ0n) is 16.5. The predicted molar refractivity (Wildman–Crippen MR) is 103 cm³/mol. The predicted octanol–water partition coefficient (Wildman–Crippen LogP) is 2.23. The molecule has 0 bridgehead atoms. The molecule has 3 heterocycles. The Bertz CT molecular complexity index is 954. The molecule has 7 nitrogen and oxygen atoms in total. The maximum atomic E-state index is 13.8. The number of aliphatic hydroxyl groups is 1. The van der Waals surface area contributed by atoms with Crippen LogP contribution in [0.4, 0.5) is 10.1 Å². The largest absolute Gasteiger partial charge is 0.478 e. The Balaban J connectivity index is 1.45. The van der Waals surface area contributed by atoms with Gasteiger partial charge in [-0.2, -0.15) is 0 Å². The van der Waals surface area contributed by atoms with Gasteiger partial charge in [-0.05, 0) is 44.2 Å². The second-order valence-electron chi connectivity index (χ2n) is 8.09. The highest BCUT2D eigenvalue weighted by Gasteiger charge is 2.63. The van der Waals surface area contributed by atoms with Crippen molar-refractivity contribution in [2.45, 2.75) is 56.4 Å². The summed E-state index contributed by atoms with van der Waals surface area (Å²) in [6, 6.07) is 14.0. The van der Waals surface area contributed by atoms with E-state index in [1.54, 1.807) is 44.2 Å². The van der Waals surface area contributed by atoms with Crippen molar-refractivity contribution in [2.24, 2.45) is 0 Å². The van der Waals surface area contributed by atoms with Crippen molar-refractivity contribution in [3.63, 3.8) is 0 Å². The fraction of sp³-hybridized carbons (Fsp3) is 0.409. The van der Waals surface area contributed by atoms with Crippen LogP contribution in [0.1, 0.15) is 13.8 Å². The fourth-order valence-corrected chi connectivity index (χ4v) is 4.29. The maximum Gasteiger partial charge on any atom is 0.270 e. The molecule has 1 amide bonds. The zero-order chi connectivity index (χ0) is 21.0. The number of β-lactam (4-membered cyclic amide) rings is 1. The highest BCUT2D eigenvalue weighted by molar-refractivity contribution is 6.05. The molecule has 2 aromatic carbocycles. The van der Waals surface area contributed by atoms with Gasteiger partial charge in [0.05, 0.1) is 0 Å². The smallest absolute Gasteiger partial charge is 0.270 e. The van der Waals surface area contributed by atoms with Crippen molar-refractivity contribution in [3.8, 4) is 5.75 Å². The average molecular weight is 415 g/mol. The first-order valence-electron chi connectivity index (χ1n) is 9.83. The first-order valence-corrected chi connectivity index (χ1v) is 9.83. The Morgan fingerprint density at radius 3 is 2.53 bits per heavy atom. The lowest BCUT2D eigenvalue weighted by atomic mass is 9.88. The van der Waals surface area contributed by atoms with E-state index in [2.05, 4.69) is 0 Å². The number of para-hydroxylation sites is 1. The zero-order valence-corrected chi connectivity index (χ0v) is 16.5. The molecule has 0 unspecified atom stereocenters. The minimum atomic E-state index is -1.05. The van der Waals surface area contributed by atoms with Crippen molar-refractivity contribution in [1.82, 2.24) is 0 Å². The number of fused-ring (bicyclic) bond motifs is 1. The molecule has 8 heteroatoms. The van der Waals surface area contributed by atoms with E-state index in [4.69, 9.17) is 18.9 Å². The molecule has 0 aromatic heterocycles. The van der Waals surface area contributed by atoms with Crippen LogP contribution in [0, 0.1) is 5.82 Å². The van der Waals surface area contributed by atoms with Crippen molar-refractivity contribution in [2.75, 3.05) is 4.90 Å².